The topological polar surface area (TPSA) is 203 Å². The maximum atomic E-state index is 13.1. The fourth-order valence-electron chi connectivity index (χ4n) is 4.26. The van der Waals surface area contributed by atoms with Crippen LogP contribution in [-0.2, 0) is 34.0 Å². The molecule has 0 bridgehead atoms. The molecule has 0 heterocycles. The summed E-state index contributed by atoms with van der Waals surface area (Å²) in [6.07, 6.45) is 0.184. The molecular formula is C28H40N6O8S3. The van der Waals surface area contributed by atoms with E-state index in [0.717, 1.165) is 5.69 Å². The lowest BCUT2D eigenvalue weighted by molar-refractivity contribution is -0.142. The van der Waals surface area contributed by atoms with Gasteiger partial charge in [-0.1, -0.05) is 38.1 Å². The number of nitrogens with zero attached hydrogens (tertiary/aromatic N) is 1. The maximum Gasteiger partial charge on any atom is 0.326 e. The number of carbonyl (C=O) groups excluding carboxylic acids is 4. The summed E-state index contributed by atoms with van der Waals surface area (Å²) in [6.45, 7) is 2.35. The third-order valence-corrected chi connectivity index (χ3v) is 8.66. The second-order valence-corrected chi connectivity index (χ2v) is 13.2. The standard InChI is InChI=1S/C28H40N6O8S3/c1-16(2)11-19(28(39)40)33-27(38)21(15-44)32-24(35)12-29-26(37)20(14-43)31-25(36)13-30-45(41,42)23-10-6-7-17-18(23)8-5-9-22(17)34(3)4/h5-10,16,19-21,30,43-44H,11-15H2,1-4H3,(H,29,37)(H,31,36)(H,32,35)(H,33,38)(H,39,40)/t19-,20-,21-/m0/s1. The zero-order valence-electron chi connectivity index (χ0n) is 25.4. The number of fused-ring (bicyclic) bond motifs is 1. The summed E-state index contributed by atoms with van der Waals surface area (Å²) in [5.74, 6) is -4.64. The Labute approximate surface area is 273 Å². The average Bonchev–Trinajstić information content (AvgIpc) is 2.98. The van der Waals surface area contributed by atoms with E-state index in [1.807, 2.05) is 25.1 Å². The monoisotopic (exact) mass is 684 g/mol. The van der Waals surface area contributed by atoms with Gasteiger partial charge < -0.3 is 31.3 Å². The second-order valence-electron chi connectivity index (χ2n) is 10.7. The van der Waals surface area contributed by atoms with Crippen LogP contribution in [0.5, 0.6) is 0 Å². The third-order valence-electron chi connectivity index (χ3n) is 6.47. The van der Waals surface area contributed by atoms with E-state index >= 15 is 0 Å². The molecule has 17 heteroatoms. The molecule has 2 aromatic rings. The molecule has 248 valence electrons. The minimum Gasteiger partial charge on any atom is -0.480 e. The van der Waals surface area contributed by atoms with Crippen molar-refractivity contribution in [1.29, 1.82) is 0 Å². The first-order chi connectivity index (χ1) is 21.1. The lowest BCUT2D eigenvalue weighted by Gasteiger charge is -2.21. The lowest BCUT2D eigenvalue weighted by Crippen LogP contribution is -2.55. The fraction of sp³-hybridized carbons (Fsp3) is 0.464. The van der Waals surface area contributed by atoms with E-state index in [9.17, 15) is 37.5 Å². The first-order valence-corrected chi connectivity index (χ1v) is 16.7. The molecule has 0 aromatic heterocycles. The molecule has 6 N–H and O–H groups in total. The number of thiol groups is 2. The highest BCUT2D eigenvalue weighted by Gasteiger charge is 2.27. The first kappa shape index (κ1) is 37.6. The van der Waals surface area contributed by atoms with Gasteiger partial charge in [0.25, 0.3) is 0 Å². The Hall–Kier alpha value is -3.54. The highest BCUT2D eigenvalue weighted by Crippen LogP contribution is 2.30. The van der Waals surface area contributed by atoms with Crippen molar-refractivity contribution in [3.05, 3.63) is 36.4 Å². The number of carboxylic acid groups (broad SMARTS) is 1. The molecule has 0 spiro atoms. The van der Waals surface area contributed by atoms with Gasteiger partial charge in [-0.3, -0.25) is 19.2 Å². The molecule has 45 heavy (non-hydrogen) atoms. The number of carbonyl (C=O) groups is 5. The summed E-state index contributed by atoms with van der Waals surface area (Å²) in [7, 11) is -0.447. The fourth-order valence-corrected chi connectivity index (χ4v) is 5.98. The van der Waals surface area contributed by atoms with Gasteiger partial charge in [-0.25, -0.2) is 17.9 Å². The van der Waals surface area contributed by atoms with Crippen LogP contribution in [0, 0.1) is 5.92 Å². The molecular weight excluding hydrogens is 645 g/mol. The Balaban J connectivity index is 1.94. The van der Waals surface area contributed by atoms with Crippen LogP contribution in [0.2, 0.25) is 0 Å². The lowest BCUT2D eigenvalue weighted by atomic mass is 10.0. The summed E-state index contributed by atoms with van der Waals surface area (Å²) >= 11 is 8.10. The smallest absolute Gasteiger partial charge is 0.326 e. The van der Waals surface area contributed by atoms with Crippen molar-refractivity contribution in [3.8, 4) is 0 Å². The summed E-state index contributed by atoms with van der Waals surface area (Å²) in [5, 5.41) is 19.9. The Morgan fingerprint density at radius 2 is 1.36 bits per heavy atom. The van der Waals surface area contributed by atoms with Crippen molar-refractivity contribution in [2.75, 3.05) is 43.6 Å². The molecule has 2 aromatic carbocycles. The molecule has 0 radical (unpaired) electrons. The summed E-state index contributed by atoms with van der Waals surface area (Å²) < 4.78 is 28.4. The third kappa shape index (κ3) is 11.1. The largest absolute Gasteiger partial charge is 0.480 e. The zero-order chi connectivity index (χ0) is 33.9. The van der Waals surface area contributed by atoms with Crippen LogP contribution in [0.1, 0.15) is 20.3 Å². The van der Waals surface area contributed by atoms with Crippen molar-refractivity contribution in [3.63, 3.8) is 0 Å². The molecule has 0 unspecified atom stereocenters. The molecule has 0 aliphatic heterocycles. The summed E-state index contributed by atoms with van der Waals surface area (Å²) in [6, 6.07) is 6.54. The van der Waals surface area contributed by atoms with Gasteiger partial charge in [0.15, 0.2) is 0 Å². The van der Waals surface area contributed by atoms with E-state index in [2.05, 4.69) is 51.2 Å². The van der Waals surface area contributed by atoms with Crippen LogP contribution in [0.3, 0.4) is 0 Å². The van der Waals surface area contributed by atoms with Gasteiger partial charge in [0.2, 0.25) is 33.7 Å². The van der Waals surface area contributed by atoms with E-state index in [1.165, 1.54) is 6.07 Å². The van der Waals surface area contributed by atoms with Crippen LogP contribution in [0.15, 0.2) is 41.3 Å². The number of nitrogens with one attached hydrogen (secondary N) is 5. The average molecular weight is 685 g/mol. The van der Waals surface area contributed by atoms with E-state index < -0.39 is 70.8 Å². The molecule has 0 fully saturated rings. The molecule has 4 amide bonds. The first-order valence-electron chi connectivity index (χ1n) is 13.9. The molecule has 0 aliphatic carbocycles. The van der Waals surface area contributed by atoms with Crippen LogP contribution in [-0.4, -0.2) is 99.9 Å². The van der Waals surface area contributed by atoms with Crippen molar-refractivity contribution in [2.45, 2.75) is 43.3 Å². The predicted octanol–water partition coefficient (Wildman–Crippen LogP) is -0.255. The van der Waals surface area contributed by atoms with Crippen LogP contribution in [0.4, 0.5) is 5.69 Å². The van der Waals surface area contributed by atoms with E-state index in [1.54, 1.807) is 38.1 Å². The number of hydrogen-bond acceptors (Lipinski definition) is 10. The maximum absolute atomic E-state index is 13.1. The van der Waals surface area contributed by atoms with Crippen molar-refractivity contribution < 1.29 is 37.5 Å². The van der Waals surface area contributed by atoms with E-state index in [4.69, 9.17) is 0 Å². The molecule has 0 saturated carbocycles. The van der Waals surface area contributed by atoms with Gasteiger partial charge in [0.1, 0.15) is 18.1 Å². The second kappa shape index (κ2) is 17.2. The molecule has 0 saturated heterocycles. The quantitative estimate of drug-likeness (QED) is 0.103. The summed E-state index contributed by atoms with van der Waals surface area (Å²) in [4.78, 5) is 63.4. The van der Waals surface area contributed by atoms with Crippen LogP contribution in [0.25, 0.3) is 10.8 Å². The molecule has 2 rings (SSSR count). The zero-order valence-corrected chi connectivity index (χ0v) is 28.0. The number of anilines is 1. The number of aliphatic carboxylic acids is 1. The number of rotatable bonds is 17. The number of carboxylic acids is 1. The van der Waals surface area contributed by atoms with Gasteiger partial charge >= 0.3 is 5.97 Å². The van der Waals surface area contributed by atoms with Gasteiger partial charge in [-0.2, -0.15) is 25.3 Å². The molecule has 0 aliphatic rings. The van der Waals surface area contributed by atoms with E-state index in [0.29, 0.717) is 10.8 Å². The number of hydrogen-bond donors (Lipinski definition) is 8. The number of sulfonamides is 1. The van der Waals surface area contributed by atoms with Gasteiger partial charge in [-0.05, 0) is 24.5 Å². The van der Waals surface area contributed by atoms with Crippen LogP contribution < -0.4 is 30.9 Å². The predicted molar refractivity (Wildman–Crippen MR) is 177 cm³/mol. The van der Waals surface area contributed by atoms with Crippen molar-refractivity contribution in [2.24, 2.45) is 5.92 Å². The van der Waals surface area contributed by atoms with Gasteiger partial charge in [0.05, 0.1) is 18.0 Å². The minimum atomic E-state index is -4.12. The Morgan fingerprint density at radius 1 is 0.800 bits per heavy atom. The Kier molecular flexibility index (Phi) is 14.4. The highest BCUT2D eigenvalue weighted by molar-refractivity contribution is 7.89. The highest BCUT2D eigenvalue weighted by atomic mass is 32.2. The number of benzene rings is 2. The SMILES string of the molecule is CC(C)C[C@H](NC(=O)[C@H](CS)NC(=O)CNC(=O)[C@H](CS)NC(=O)CNS(=O)(=O)c1cccc2c(N(C)C)cccc12)C(=O)O. The van der Waals surface area contributed by atoms with E-state index in [-0.39, 0.29) is 28.7 Å². The molecule has 14 nitrogen and oxygen atoms in total. The minimum absolute atomic E-state index is 0.00748. The van der Waals surface area contributed by atoms with Crippen LogP contribution >= 0.6 is 25.3 Å². The number of amides is 4. The Bertz CT molecular complexity index is 1500. The Morgan fingerprint density at radius 3 is 1.91 bits per heavy atom. The van der Waals surface area contributed by atoms with Crippen molar-refractivity contribution in [1.82, 2.24) is 26.0 Å². The molecule has 3 atom stereocenters. The summed E-state index contributed by atoms with van der Waals surface area (Å²) in [5.41, 5.74) is 0.816. The van der Waals surface area contributed by atoms with Crippen molar-refractivity contribution >= 4 is 81.3 Å². The normalized spacial score (nSPS) is 13.4. The van der Waals surface area contributed by atoms with Gasteiger partial charge in [-0.15, -0.1) is 0 Å². The van der Waals surface area contributed by atoms with Gasteiger partial charge in [0, 0.05) is 42.1 Å².